The maximum Gasteiger partial charge on any atom is 0.176 e. The van der Waals surface area contributed by atoms with Crippen LogP contribution in [0, 0.1) is 0 Å². The van der Waals surface area contributed by atoms with Crippen molar-refractivity contribution >= 4 is 21.7 Å². The summed E-state index contributed by atoms with van der Waals surface area (Å²) in [5.74, 6) is 0.130. The van der Waals surface area contributed by atoms with E-state index in [9.17, 15) is 4.79 Å². The predicted octanol–water partition coefficient (Wildman–Crippen LogP) is 2.45. The Kier molecular flexibility index (Phi) is 4.92. The molecule has 0 spiro atoms. The fourth-order valence-corrected chi connectivity index (χ4v) is 2.80. The molecule has 1 aromatic rings. The monoisotopic (exact) mass is 310 g/mol. The highest BCUT2D eigenvalue weighted by Gasteiger charge is 2.14. The third kappa shape index (κ3) is 3.40. The molecule has 0 atom stereocenters. The molecule has 1 heterocycles. The highest BCUT2D eigenvalue weighted by atomic mass is 79.9. The van der Waals surface area contributed by atoms with Gasteiger partial charge in [0, 0.05) is 16.6 Å². The average molecular weight is 311 g/mol. The average Bonchev–Trinajstić information content (AvgIpc) is 2.85. The lowest BCUT2D eigenvalue weighted by Gasteiger charge is -2.16. The van der Waals surface area contributed by atoms with Gasteiger partial charge in [0.05, 0.1) is 6.54 Å². The molecule has 1 fully saturated rings. The molecule has 0 saturated carbocycles. The lowest BCUT2D eigenvalue weighted by molar-refractivity contribution is 0.0993. The van der Waals surface area contributed by atoms with Gasteiger partial charge in [0.15, 0.2) is 5.78 Å². The number of ketones is 1. The van der Waals surface area contributed by atoms with Crippen LogP contribution in [-0.4, -0.2) is 37.4 Å². The molecule has 1 saturated heterocycles. The van der Waals surface area contributed by atoms with Gasteiger partial charge < -0.3 is 5.32 Å². The minimum Gasteiger partial charge on any atom is -0.313 e. The van der Waals surface area contributed by atoms with Crippen molar-refractivity contribution < 1.29 is 4.79 Å². The van der Waals surface area contributed by atoms with Crippen molar-refractivity contribution in [3.05, 3.63) is 33.8 Å². The molecule has 0 aromatic heterocycles. The Morgan fingerprint density at radius 1 is 1.39 bits per heavy atom. The summed E-state index contributed by atoms with van der Waals surface area (Å²) < 4.78 is 1.04. The quantitative estimate of drug-likeness (QED) is 0.848. The number of hydrogen-bond donors (Lipinski definition) is 1. The number of carbonyl (C=O) groups excluding carboxylic acids is 1. The zero-order valence-electron chi connectivity index (χ0n) is 10.7. The maximum absolute atomic E-state index is 11.8. The van der Waals surface area contributed by atoms with Crippen LogP contribution in [0.25, 0.3) is 0 Å². The van der Waals surface area contributed by atoms with Gasteiger partial charge in [0.1, 0.15) is 0 Å². The smallest absolute Gasteiger partial charge is 0.176 e. The molecule has 0 amide bonds. The molecular formula is C14H19BrN2O. The van der Waals surface area contributed by atoms with Crippen LogP contribution in [0.4, 0.5) is 0 Å². The van der Waals surface area contributed by atoms with Crippen molar-refractivity contribution in [1.29, 1.82) is 0 Å². The molecule has 1 aliphatic rings. The second kappa shape index (κ2) is 6.45. The summed E-state index contributed by atoms with van der Waals surface area (Å²) in [5, 5.41) is 2.89. The van der Waals surface area contributed by atoms with Gasteiger partial charge in [-0.2, -0.15) is 0 Å². The van der Waals surface area contributed by atoms with Crippen molar-refractivity contribution in [2.45, 2.75) is 19.4 Å². The first-order valence-corrected chi connectivity index (χ1v) is 7.18. The zero-order valence-corrected chi connectivity index (χ0v) is 12.3. The summed E-state index contributed by atoms with van der Waals surface area (Å²) >= 11 is 3.57. The summed E-state index contributed by atoms with van der Waals surface area (Å²) in [6.07, 6.45) is 2.60. The Labute approximate surface area is 117 Å². The Morgan fingerprint density at radius 3 is 2.72 bits per heavy atom. The highest BCUT2D eigenvalue weighted by Crippen LogP contribution is 2.22. The molecule has 0 aliphatic carbocycles. The van der Waals surface area contributed by atoms with Gasteiger partial charge in [0.2, 0.25) is 0 Å². The first kappa shape index (κ1) is 13.7. The van der Waals surface area contributed by atoms with Crippen molar-refractivity contribution in [3.63, 3.8) is 0 Å². The molecule has 4 heteroatoms. The summed E-state index contributed by atoms with van der Waals surface area (Å²) in [5.41, 5.74) is 2.03. The molecule has 0 bridgehead atoms. The minimum atomic E-state index is 0.130. The molecule has 3 nitrogen and oxygen atoms in total. The highest BCUT2D eigenvalue weighted by molar-refractivity contribution is 9.10. The third-order valence-corrected chi connectivity index (χ3v) is 4.04. The summed E-state index contributed by atoms with van der Waals surface area (Å²) in [6, 6.07) is 5.92. The van der Waals surface area contributed by atoms with Gasteiger partial charge in [-0.05, 0) is 44.6 Å². The van der Waals surface area contributed by atoms with E-state index < -0.39 is 0 Å². The number of likely N-dealkylation sites (N-methyl/N-ethyl adjacent to an activating group) is 1. The molecule has 2 rings (SSSR count). The van der Waals surface area contributed by atoms with Crippen LogP contribution >= 0.6 is 15.9 Å². The molecule has 18 heavy (non-hydrogen) atoms. The largest absolute Gasteiger partial charge is 0.313 e. The van der Waals surface area contributed by atoms with Gasteiger partial charge in [-0.25, -0.2) is 0 Å². The van der Waals surface area contributed by atoms with E-state index in [0.29, 0.717) is 6.54 Å². The van der Waals surface area contributed by atoms with Crippen LogP contribution in [0.3, 0.4) is 0 Å². The lowest BCUT2D eigenvalue weighted by atomic mass is 10.1. The SMILES string of the molecule is CNCC(=O)c1ccc(CN2CCCC2)c(Br)c1. The number of nitrogens with one attached hydrogen (secondary N) is 1. The minimum absolute atomic E-state index is 0.130. The number of hydrogen-bond acceptors (Lipinski definition) is 3. The van der Waals surface area contributed by atoms with Gasteiger partial charge in [0.25, 0.3) is 0 Å². The van der Waals surface area contributed by atoms with E-state index in [1.807, 2.05) is 12.1 Å². The summed E-state index contributed by atoms with van der Waals surface area (Å²) in [6.45, 7) is 3.73. The molecule has 0 unspecified atom stereocenters. The number of Topliss-reactive ketones (excluding diaryl/α,β-unsaturated/α-hetero) is 1. The van der Waals surface area contributed by atoms with Crippen molar-refractivity contribution in [2.24, 2.45) is 0 Å². The third-order valence-electron chi connectivity index (χ3n) is 3.31. The molecule has 0 radical (unpaired) electrons. The molecule has 1 aliphatic heterocycles. The van der Waals surface area contributed by atoms with Gasteiger partial charge in [-0.1, -0.05) is 28.1 Å². The molecular weight excluding hydrogens is 292 g/mol. The van der Waals surface area contributed by atoms with Gasteiger partial charge >= 0.3 is 0 Å². The topological polar surface area (TPSA) is 32.3 Å². The normalized spacial score (nSPS) is 16.1. The number of nitrogens with zero attached hydrogens (tertiary/aromatic N) is 1. The zero-order chi connectivity index (χ0) is 13.0. The predicted molar refractivity (Wildman–Crippen MR) is 76.9 cm³/mol. The molecule has 1 aromatic carbocycles. The fraction of sp³-hybridized carbons (Fsp3) is 0.500. The van der Waals surface area contributed by atoms with E-state index >= 15 is 0 Å². The first-order valence-electron chi connectivity index (χ1n) is 6.39. The van der Waals surface area contributed by atoms with E-state index in [1.54, 1.807) is 7.05 Å². The maximum atomic E-state index is 11.8. The second-order valence-corrected chi connectivity index (χ2v) is 5.60. The lowest BCUT2D eigenvalue weighted by Crippen LogP contribution is -2.20. The van der Waals surface area contributed by atoms with Crippen LogP contribution in [0.5, 0.6) is 0 Å². The Morgan fingerprint density at radius 2 is 2.11 bits per heavy atom. The molecule has 1 N–H and O–H groups in total. The molecule has 98 valence electrons. The van der Waals surface area contributed by atoms with E-state index in [2.05, 4.69) is 32.2 Å². The van der Waals surface area contributed by atoms with E-state index in [1.165, 1.54) is 31.5 Å². The van der Waals surface area contributed by atoms with Crippen LogP contribution in [0.1, 0.15) is 28.8 Å². The van der Waals surface area contributed by atoms with Crippen molar-refractivity contribution in [1.82, 2.24) is 10.2 Å². The number of likely N-dealkylation sites (tertiary alicyclic amines) is 1. The number of rotatable bonds is 5. The Hall–Kier alpha value is -0.710. The Balaban J connectivity index is 2.06. The van der Waals surface area contributed by atoms with Crippen molar-refractivity contribution in [3.8, 4) is 0 Å². The van der Waals surface area contributed by atoms with E-state index in [0.717, 1.165) is 16.6 Å². The fourth-order valence-electron chi connectivity index (χ4n) is 2.29. The Bertz CT molecular complexity index is 428. The van der Waals surface area contributed by atoms with Crippen LogP contribution in [0.2, 0.25) is 0 Å². The summed E-state index contributed by atoms with van der Waals surface area (Å²) in [4.78, 5) is 14.2. The van der Waals surface area contributed by atoms with E-state index in [-0.39, 0.29) is 5.78 Å². The summed E-state index contributed by atoms with van der Waals surface area (Å²) in [7, 11) is 1.79. The van der Waals surface area contributed by atoms with Crippen molar-refractivity contribution in [2.75, 3.05) is 26.7 Å². The van der Waals surface area contributed by atoms with E-state index in [4.69, 9.17) is 0 Å². The van der Waals surface area contributed by atoms with Crippen LogP contribution in [0.15, 0.2) is 22.7 Å². The van der Waals surface area contributed by atoms with Crippen LogP contribution < -0.4 is 5.32 Å². The standard InChI is InChI=1S/C14H19BrN2O/c1-16-9-14(18)11-4-5-12(13(15)8-11)10-17-6-2-3-7-17/h4-5,8,16H,2-3,6-7,9-10H2,1H3. The number of benzene rings is 1. The number of halogens is 1. The van der Waals surface area contributed by atoms with Gasteiger partial charge in [-0.3, -0.25) is 9.69 Å². The second-order valence-electron chi connectivity index (χ2n) is 4.74. The van der Waals surface area contributed by atoms with Gasteiger partial charge in [-0.15, -0.1) is 0 Å². The number of carbonyl (C=O) groups is 1. The van der Waals surface area contributed by atoms with Crippen LogP contribution in [-0.2, 0) is 6.54 Å². The first-order chi connectivity index (χ1) is 8.70.